The molecule has 0 aromatic rings. The molecular weight excluding hydrogens is 206 g/mol. The number of ether oxygens (including phenoxy) is 2. The van der Waals surface area contributed by atoms with E-state index in [4.69, 9.17) is 9.47 Å². The Balaban J connectivity index is 3.69. The molecule has 0 aliphatic carbocycles. The van der Waals surface area contributed by atoms with Crippen molar-refractivity contribution in [2.45, 2.75) is 45.1 Å². The van der Waals surface area contributed by atoms with Crippen molar-refractivity contribution in [2.24, 2.45) is 0 Å². The summed E-state index contributed by atoms with van der Waals surface area (Å²) in [4.78, 5) is 11.4. The van der Waals surface area contributed by atoms with E-state index in [2.05, 4.69) is 12.2 Å². The van der Waals surface area contributed by atoms with Crippen molar-refractivity contribution in [3.05, 3.63) is 0 Å². The minimum absolute atomic E-state index is 0.146. The number of hydrogen-bond donors (Lipinski definition) is 1. The van der Waals surface area contributed by atoms with Crippen LogP contribution in [-0.4, -0.2) is 39.4 Å². The van der Waals surface area contributed by atoms with Crippen molar-refractivity contribution in [3.63, 3.8) is 0 Å². The van der Waals surface area contributed by atoms with Crippen molar-refractivity contribution < 1.29 is 14.3 Å². The van der Waals surface area contributed by atoms with Gasteiger partial charge in [-0.15, -0.1) is 0 Å². The molecule has 0 aliphatic heterocycles. The largest absolute Gasteiger partial charge is 0.468 e. The quantitative estimate of drug-likeness (QED) is 0.459. The van der Waals surface area contributed by atoms with Gasteiger partial charge in [0.2, 0.25) is 0 Å². The Labute approximate surface area is 98.7 Å². The summed E-state index contributed by atoms with van der Waals surface area (Å²) < 4.78 is 9.72. The molecule has 16 heavy (non-hydrogen) atoms. The second-order valence-corrected chi connectivity index (χ2v) is 3.87. The first-order valence-electron chi connectivity index (χ1n) is 6.06. The predicted molar refractivity (Wildman–Crippen MR) is 64.4 cm³/mol. The van der Waals surface area contributed by atoms with Gasteiger partial charge >= 0.3 is 5.97 Å². The summed E-state index contributed by atoms with van der Waals surface area (Å²) in [6, 6.07) is -0.146. The third-order valence-corrected chi connectivity index (χ3v) is 2.50. The first-order valence-corrected chi connectivity index (χ1v) is 6.06. The normalized spacial score (nSPS) is 12.4. The topological polar surface area (TPSA) is 47.6 Å². The molecule has 1 atom stereocenters. The molecule has 0 heterocycles. The average Bonchev–Trinajstić information content (AvgIpc) is 2.31. The number of esters is 1. The zero-order valence-electron chi connectivity index (χ0n) is 10.8. The number of rotatable bonds is 10. The van der Waals surface area contributed by atoms with Crippen LogP contribution in [-0.2, 0) is 14.3 Å². The second kappa shape index (κ2) is 10.9. The lowest BCUT2D eigenvalue weighted by Crippen LogP contribution is -2.38. The molecule has 0 saturated heterocycles. The van der Waals surface area contributed by atoms with Gasteiger partial charge in [0.25, 0.3) is 0 Å². The van der Waals surface area contributed by atoms with Crippen molar-refractivity contribution in [3.8, 4) is 0 Å². The van der Waals surface area contributed by atoms with Gasteiger partial charge in [0.15, 0.2) is 0 Å². The summed E-state index contributed by atoms with van der Waals surface area (Å²) in [5.41, 5.74) is 0. The van der Waals surface area contributed by atoms with E-state index < -0.39 is 0 Å². The molecule has 0 aliphatic rings. The van der Waals surface area contributed by atoms with Gasteiger partial charge in [-0.25, -0.2) is 0 Å². The van der Waals surface area contributed by atoms with E-state index >= 15 is 0 Å². The molecule has 0 amide bonds. The highest BCUT2D eigenvalue weighted by Gasteiger charge is 2.16. The summed E-state index contributed by atoms with van der Waals surface area (Å²) in [6.45, 7) is 3.74. The van der Waals surface area contributed by atoms with E-state index in [0.29, 0.717) is 0 Å². The lowest BCUT2D eigenvalue weighted by molar-refractivity contribution is -0.143. The second-order valence-electron chi connectivity index (χ2n) is 3.87. The Morgan fingerprint density at radius 2 is 2.00 bits per heavy atom. The number of unbranched alkanes of at least 4 members (excludes halogenated alkanes) is 2. The van der Waals surface area contributed by atoms with Gasteiger partial charge in [-0.2, -0.15) is 0 Å². The van der Waals surface area contributed by atoms with Crippen LogP contribution in [0.1, 0.15) is 39.0 Å². The number of hydrogen-bond acceptors (Lipinski definition) is 4. The molecule has 0 fully saturated rings. The van der Waals surface area contributed by atoms with Gasteiger partial charge in [0.05, 0.1) is 7.11 Å². The zero-order valence-corrected chi connectivity index (χ0v) is 10.8. The minimum atomic E-state index is -0.153. The van der Waals surface area contributed by atoms with Crippen molar-refractivity contribution in [2.75, 3.05) is 27.4 Å². The smallest absolute Gasteiger partial charge is 0.322 e. The van der Waals surface area contributed by atoms with Crippen molar-refractivity contribution in [1.82, 2.24) is 5.32 Å². The van der Waals surface area contributed by atoms with E-state index in [1.807, 2.05) is 0 Å². The lowest BCUT2D eigenvalue weighted by Gasteiger charge is -2.15. The third-order valence-electron chi connectivity index (χ3n) is 2.50. The Kier molecular flexibility index (Phi) is 10.5. The maximum absolute atomic E-state index is 11.4. The van der Waals surface area contributed by atoms with E-state index in [1.165, 1.54) is 7.11 Å². The lowest BCUT2D eigenvalue weighted by atomic mass is 10.1. The molecule has 0 radical (unpaired) electrons. The maximum Gasteiger partial charge on any atom is 0.322 e. The van der Waals surface area contributed by atoms with Gasteiger partial charge in [0, 0.05) is 13.7 Å². The van der Waals surface area contributed by atoms with Gasteiger partial charge in [-0.1, -0.05) is 19.8 Å². The summed E-state index contributed by atoms with van der Waals surface area (Å²) in [5, 5.41) is 3.23. The molecule has 1 N–H and O–H groups in total. The Bertz CT molecular complexity index is 174. The van der Waals surface area contributed by atoms with Crippen LogP contribution < -0.4 is 5.32 Å². The maximum atomic E-state index is 11.4. The number of nitrogens with one attached hydrogen (secondary N) is 1. The SMILES string of the molecule is CCCCC(NCCCCOC)C(=O)OC. The van der Waals surface area contributed by atoms with Crippen LogP contribution in [0.5, 0.6) is 0 Å². The fourth-order valence-electron chi connectivity index (χ4n) is 1.50. The third kappa shape index (κ3) is 7.65. The van der Waals surface area contributed by atoms with Gasteiger partial charge in [-0.3, -0.25) is 4.79 Å². The fraction of sp³-hybridized carbons (Fsp3) is 0.917. The zero-order chi connectivity index (χ0) is 12.2. The van der Waals surface area contributed by atoms with E-state index in [1.54, 1.807) is 7.11 Å². The molecule has 4 nitrogen and oxygen atoms in total. The first kappa shape index (κ1) is 15.4. The highest BCUT2D eigenvalue weighted by molar-refractivity contribution is 5.75. The molecule has 0 spiro atoms. The van der Waals surface area contributed by atoms with Crippen molar-refractivity contribution in [1.29, 1.82) is 0 Å². The van der Waals surface area contributed by atoms with E-state index in [-0.39, 0.29) is 12.0 Å². The van der Waals surface area contributed by atoms with Gasteiger partial charge in [-0.05, 0) is 25.8 Å². The molecule has 4 heteroatoms. The highest BCUT2D eigenvalue weighted by atomic mass is 16.5. The van der Waals surface area contributed by atoms with Crippen LogP contribution >= 0.6 is 0 Å². The Morgan fingerprint density at radius 1 is 1.25 bits per heavy atom. The molecule has 0 bridgehead atoms. The van der Waals surface area contributed by atoms with Crippen LogP contribution in [0.15, 0.2) is 0 Å². The minimum Gasteiger partial charge on any atom is -0.468 e. The molecule has 0 aromatic carbocycles. The number of carbonyl (C=O) groups excluding carboxylic acids is 1. The summed E-state index contributed by atoms with van der Waals surface area (Å²) in [6.07, 6.45) is 5.04. The molecule has 0 rings (SSSR count). The van der Waals surface area contributed by atoms with Crippen LogP contribution in [0.3, 0.4) is 0 Å². The van der Waals surface area contributed by atoms with E-state index in [9.17, 15) is 4.79 Å². The molecule has 96 valence electrons. The number of carbonyl (C=O) groups is 1. The summed E-state index contributed by atoms with van der Waals surface area (Å²) in [5.74, 6) is -0.153. The van der Waals surface area contributed by atoms with Gasteiger partial charge in [0.1, 0.15) is 6.04 Å². The van der Waals surface area contributed by atoms with Gasteiger partial charge < -0.3 is 14.8 Å². The standard InChI is InChI=1S/C12H25NO3/c1-4-5-8-11(12(14)16-3)13-9-6-7-10-15-2/h11,13H,4-10H2,1-3H3. The number of methoxy groups -OCH3 is 2. The monoisotopic (exact) mass is 231 g/mol. The Hall–Kier alpha value is -0.610. The van der Waals surface area contributed by atoms with Crippen LogP contribution in [0, 0.1) is 0 Å². The van der Waals surface area contributed by atoms with E-state index in [0.717, 1.165) is 45.3 Å². The predicted octanol–water partition coefficient (Wildman–Crippen LogP) is 1.73. The van der Waals surface area contributed by atoms with Crippen LogP contribution in [0.4, 0.5) is 0 Å². The summed E-state index contributed by atoms with van der Waals surface area (Å²) in [7, 11) is 3.14. The summed E-state index contributed by atoms with van der Waals surface area (Å²) >= 11 is 0. The molecule has 0 saturated carbocycles. The fourth-order valence-corrected chi connectivity index (χ4v) is 1.50. The molecule has 1 unspecified atom stereocenters. The Morgan fingerprint density at radius 3 is 2.56 bits per heavy atom. The molecular formula is C12H25NO3. The molecule has 0 aromatic heterocycles. The highest BCUT2D eigenvalue weighted by Crippen LogP contribution is 2.02. The van der Waals surface area contributed by atoms with Crippen LogP contribution in [0.25, 0.3) is 0 Å². The van der Waals surface area contributed by atoms with Crippen molar-refractivity contribution >= 4 is 5.97 Å². The first-order chi connectivity index (χ1) is 7.76. The average molecular weight is 231 g/mol. The van der Waals surface area contributed by atoms with Crippen LogP contribution in [0.2, 0.25) is 0 Å².